The van der Waals surface area contributed by atoms with E-state index in [4.69, 9.17) is 14.4 Å². The average Bonchev–Trinajstić information content (AvgIpc) is 3.86. The summed E-state index contributed by atoms with van der Waals surface area (Å²) in [4.78, 5) is 11.2. The maximum Gasteiger partial charge on any atom is 0.247 e. The van der Waals surface area contributed by atoms with Crippen LogP contribution in [0.1, 0.15) is 54.0 Å². The van der Waals surface area contributed by atoms with Crippen LogP contribution in [0.4, 0.5) is 0 Å². The number of benzene rings is 7. The van der Waals surface area contributed by atoms with E-state index in [0.717, 1.165) is 46.4 Å². The van der Waals surface area contributed by atoms with Crippen LogP contribution in [0, 0.1) is 5.92 Å². The molecule has 0 N–H and O–H groups in total. The van der Waals surface area contributed by atoms with E-state index < -0.39 is 0 Å². The third kappa shape index (κ3) is 4.08. The van der Waals surface area contributed by atoms with E-state index in [1.54, 1.807) is 0 Å². The van der Waals surface area contributed by atoms with E-state index in [9.17, 15) is 0 Å². The zero-order valence-electron chi connectivity index (χ0n) is 30.8. The summed E-state index contributed by atoms with van der Waals surface area (Å²) in [6.45, 7) is 2.33. The van der Waals surface area contributed by atoms with Crippen molar-refractivity contribution in [3.63, 3.8) is 0 Å². The molecule has 3 heterocycles. The van der Waals surface area contributed by atoms with Gasteiger partial charge in [0.05, 0.1) is 11.0 Å². The number of fused-ring (bicyclic) bond motifs is 18. The van der Waals surface area contributed by atoms with Gasteiger partial charge in [-0.1, -0.05) is 140 Å². The summed E-state index contributed by atoms with van der Waals surface area (Å²) in [7, 11) is 0. The number of hydrogen-bond acceptors (Lipinski definition) is 3. The normalized spacial score (nSPS) is 18.7. The first-order valence-electron chi connectivity index (χ1n) is 19.9. The molecule has 3 aromatic heterocycles. The number of para-hydroxylation sites is 2. The molecule has 4 nitrogen and oxygen atoms in total. The Morgan fingerprint density at radius 3 is 2.20 bits per heavy atom. The second-order valence-corrected chi connectivity index (χ2v) is 16.0. The number of furan rings is 1. The molecule has 3 aliphatic carbocycles. The molecule has 56 heavy (non-hydrogen) atoms. The first-order valence-corrected chi connectivity index (χ1v) is 19.9. The highest BCUT2D eigenvalue weighted by Crippen LogP contribution is 2.66. The minimum absolute atomic E-state index is 0.209. The van der Waals surface area contributed by atoms with Gasteiger partial charge in [-0.3, -0.25) is 4.57 Å². The smallest absolute Gasteiger partial charge is 0.247 e. The molecule has 264 valence electrons. The molecule has 0 saturated heterocycles. The van der Waals surface area contributed by atoms with E-state index in [0.29, 0.717) is 17.5 Å². The third-order valence-electron chi connectivity index (χ3n) is 13.0. The second kappa shape index (κ2) is 11.1. The lowest BCUT2D eigenvalue weighted by atomic mass is 9.79. The highest BCUT2D eigenvalue weighted by Gasteiger charge is 2.49. The maximum atomic E-state index is 6.48. The summed E-state index contributed by atoms with van der Waals surface area (Å²) in [5.74, 6) is 1.97. The summed E-state index contributed by atoms with van der Waals surface area (Å²) in [5.41, 5.74) is 15.0. The van der Waals surface area contributed by atoms with Crippen molar-refractivity contribution in [2.24, 2.45) is 5.92 Å². The lowest BCUT2D eigenvalue weighted by Crippen LogP contribution is -2.12. The van der Waals surface area contributed by atoms with Crippen LogP contribution < -0.4 is 0 Å². The minimum Gasteiger partial charge on any atom is -0.436 e. The van der Waals surface area contributed by atoms with Crippen molar-refractivity contribution in [3.8, 4) is 16.9 Å². The predicted octanol–water partition coefficient (Wildman–Crippen LogP) is 13.5. The molecule has 7 aromatic carbocycles. The topological polar surface area (TPSA) is 43.9 Å². The van der Waals surface area contributed by atoms with Crippen molar-refractivity contribution >= 4 is 76.7 Å². The van der Waals surface area contributed by atoms with Crippen LogP contribution in [0.3, 0.4) is 0 Å². The van der Waals surface area contributed by atoms with Crippen molar-refractivity contribution in [1.82, 2.24) is 14.5 Å². The quantitative estimate of drug-likeness (QED) is 0.183. The zero-order chi connectivity index (χ0) is 36.6. The van der Waals surface area contributed by atoms with Gasteiger partial charge in [0.15, 0.2) is 5.82 Å². The first kappa shape index (κ1) is 30.5. The molecule has 3 unspecified atom stereocenters. The summed E-state index contributed by atoms with van der Waals surface area (Å²) in [5, 5.41) is 8.83. The second-order valence-electron chi connectivity index (χ2n) is 16.0. The van der Waals surface area contributed by atoms with Gasteiger partial charge in [0.25, 0.3) is 0 Å². The first-order chi connectivity index (χ1) is 27.7. The number of rotatable bonds is 3. The van der Waals surface area contributed by atoms with Gasteiger partial charge in [-0.05, 0) is 109 Å². The number of aromatic nitrogens is 3. The van der Waals surface area contributed by atoms with E-state index in [1.807, 2.05) is 12.1 Å². The summed E-state index contributed by atoms with van der Waals surface area (Å²) in [6, 6.07) is 50.6. The van der Waals surface area contributed by atoms with Crippen LogP contribution in [0.25, 0.3) is 93.6 Å². The Morgan fingerprint density at radius 1 is 0.625 bits per heavy atom. The maximum absolute atomic E-state index is 6.48. The average molecular weight is 718 g/mol. The Hall–Kier alpha value is -6.78. The molecule has 0 spiro atoms. The van der Waals surface area contributed by atoms with Gasteiger partial charge in [0, 0.05) is 16.2 Å². The predicted molar refractivity (Wildman–Crippen MR) is 230 cm³/mol. The molecule has 0 bridgehead atoms. The van der Waals surface area contributed by atoms with Crippen LogP contribution in [0.2, 0.25) is 0 Å². The molecule has 0 aliphatic heterocycles. The molecule has 1 fully saturated rings. The fraction of sp³-hybridized carbons (Fsp3) is 0.115. The molecule has 13 rings (SSSR count). The van der Waals surface area contributed by atoms with Gasteiger partial charge >= 0.3 is 0 Å². The number of allylic oxidation sites excluding steroid dienone is 4. The Labute approximate surface area is 323 Å². The van der Waals surface area contributed by atoms with Gasteiger partial charge in [0.2, 0.25) is 5.71 Å². The Bertz CT molecular complexity index is 3400. The van der Waals surface area contributed by atoms with Gasteiger partial charge < -0.3 is 4.42 Å². The molecule has 0 amide bonds. The Morgan fingerprint density at radius 2 is 1.34 bits per heavy atom. The van der Waals surface area contributed by atoms with Crippen molar-refractivity contribution < 1.29 is 4.42 Å². The Kier molecular flexibility index (Phi) is 6.08. The van der Waals surface area contributed by atoms with Crippen LogP contribution in [-0.4, -0.2) is 14.5 Å². The van der Waals surface area contributed by atoms with Crippen LogP contribution in [-0.2, 0) is 0 Å². The summed E-state index contributed by atoms with van der Waals surface area (Å²) < 4.78 is 8.97. The van der Waals surface area contributed by atoms with E-state index in [1.165, 1.54) is 76.8 Å². The van der Waals surface area contributed by atoms with Gasteiger partial charge in [-0.25, -0.2) is 9.97 Å². The van der Waals surface area contributed by atoms with Crippen molar-refractivity contribution in [3.05, 3.63) is 174 Å². The lowest BCUT2D eigenvalue weighted by Gasteiger charge is -2.26. The van der Waals surface area contributed by atoms with Crippen molar-refractivity contribution in [2.75, 3.05) is 0 Å². The molecular weight excluding hydrogens is 683 g/mol. The largest absolute Gasteiger partial charge is 0.436 e. The van der Waals surface area contributed by atoms with Gasteiger partial charge in [0.1, 0.15) is 16.8 Å². The molecule has 4 heteroatoms. The molecule has 10 aromatic rings. The summed E-state index contributed by atoms with van der Waals surface area (Å²) >= 11 is 0. The minimum atomic E-state index is 0.209. The van der Waals surface area contributed by atoms with Crippen molar-refractivity contribution in [2.45, 2.75) is 31.6 Å². The third-order valence-corrected chi connectivity index (χ3v) is 13.0. The van der Waals surface area contributed by atoms with Crippen LogP contribution in [0.15, 0.2) is 156 Å². The molecular formula is C52H35N3O. The van der Waals surface area contributed by atoms with Gasteiger partial charge in [-0.2, -0.15) is 0 Å². The van der Waals surface area contributed by atoms with Crippen molar-refractivity contribution in [1.29, 1.82) is 0 Å². The van der Waals surface area contributed by atoms with E-state index in [-0.39, 0.29) is 5.92 Å². The van der Waals surface area contributed by atoms with Crippen LogP contribution in [0.5, 0.6) is 0 Å². The SMILES string of the molecule is CC1CC(c2ccccc2)=CC=C1c1nc2oc3ccccc3c2nc1-n1c2ccccc2c2c3ccccc3c3c(c21)C1CC1c1c-3ccc2ccccc12. The molecule has 3 atom stereocenters. The van der Waals surface area contributed by atoms with E-state index in [2.05, 4.69) is 151 Å². The number of nitrogens with zero attached hydrogens (tertiary/aromatic N) is 3. The highest BCUT2D eigenvalue weighted by molar-refractivity contribution is 6.27. The fourth-order valence-corrected chi connectivity index (χ4v) is 10.5. The van der Waals surface area contributed by atoms with Crippen LogP contribution >= 0.6 is 0 Å². The van der Waals surface area contributed by atoms with Gasteiger partial charge in [-0.15, -0.1) is 0 Å². The monoisotopic (exact) mass is 717 g/mol. The Balaban J connectivity index is 1.19. The molecule has 1 saturated carbocycles. The fourth-order valence-electron chi connectivity index (χ4n) is 10.5. The molecule has 3 aliphatic rings. The lowest BCUT2D eigenvalue weighted by molar-refractivity contribution is 0.650. The van der Waals surface area contributed by atoms with E-state index >= 15 is 0 Å². The molecule has 0 radical (unpaired) electrons. The number of hydrogen-bond donors (Lipinski definition) is 0. The zero-order valence-corrected chi connectivity index (χ0v) is 30.8. The standard InChI is InChI=1S/C52H35N3O/c1-29-27-32(30-13-3-2-4-14-30)24-25-33(29)48-51(53-49-38-20-10-12-22-43(38)56-52(49)54-48)55-42-21-11-9-19-37(42)46-36-18-8-7-17-35(36)45-39-26-23-31-15-5-6-16-34(31)44(39)40-28-41(40)47(45)50(46)55/h2-26,29,40-41H,27-28H2,1H3. The highest BCUT2D eigenvalue weighted by atomic mass is 16.3. The summed E-state index contributed by atoms with van der Waals surface area (Å²) in [6.07, 6.45) is 6.63.